The number of benzene rings is 5. The standard InChI is InChI=1S/C39H24N4O/c1-2-8-25(9-3-1)29-14-15-30-20-38(41-23-32(30)16-29)43(37-19-28-12-6-7-13-31(28)22-40-37)33-21-36-39(42-24-33)34-17-26-10-4-5-11-27(26)18-35(34)44-36/h1-24H. The summed E-state index contributed by atoms with van der Waals surface area (Å²) in [6.07, 6.45) is 5.72. The van der Waals surface area contributed by atoms with E-state index in [0.717, 1.165) is 71.7 Å². The second-order valence-corrected chi connectivity index (χ2v) is 11.0. The van der Waals surface area contributed by atoms with Gasteiger partial charge in [-0.1, -0.05) is 91.0 Å². The van der Waals surface area contributed by atoms with Crippen LogP contribution in [-0.2, 0) is 0 Å². The molecule has 0 spiro atoms. The van der Waals surface area contributed by atoms with E-state index in [2.05, 4.69) is 97.1 Å². The SMILES string of the molecule is c1ccc(-c2ccc3cc(N(c4cnc5c(c4)oc4cc6ccccc6cc45)c4cc5ccccc5cn4)ncc3c2)cc1. The number of rotatable bonds is 4. The summed E-state index contributed by atoms with van der Waals surface area (Å²) < 4.78 is 6.39. The fourth-order valence-corrected chi connectivity index (χ4v) is 6.08. The zero-order valence-electron chi connectivity index (χ0n) is 23.6. The summed E-state index contributed by atoms with van der Waals surface area (Å²) >= 11 is 0. The molecule has 44 heavy (non-hydrogen) atoms. The van der Waals surface area contributed by atoms with Gasteiger partial charge >= 0.3 is 0 Å². The van der Waals surface area contributed by atoms with Crippen LogP contribution in [0.3, 0.4) is 0 Å². The Balaban J connectivity index is 1.22. The van der Waals surface area contributed by atoms with Crippen LogP contribution in [-0.4, -0.2) is 15.0 Å². The molecule has 0 radical (unpaired) electrons. The van der Waals surface area contributed by atoms with Crippen molar-refractivity contribution in [3.05, 3.63) is 146 Å². The van der Waals surface area contributed by atoms with Crippen LogP contribution in [0.15, 0.2) is 150 Å². The maximum absolute atomic E-state index is 6.39. The largest absolute Gasteiger partial charge is 0.454 e. The molecule has 5 aromatic carbocycles. The van der Waals surface area contributed by atoms with Gasteiger partial charge in [-0.25, -0.2) is 15.0 Å². The number of pyridine rings is 3. The Bertz CT molecular complexity index is 2520. The molecule has 0 atom stereocenters. The van der Waals surface area contributed by atoms with Crippen molar-refractivity contribution in [2.45, 2.75) is 0 Å². The van der Waals surface area contributed by atoms with E-state index in [1.54, 1.807) is 0 Å². The predicted molar refractivity (Wildman–Crippen MR) is 180 cm³/mol. The minimum absolute atomic E-state index is 0.715. The number of aromatic nitrogens is 3. The van der Waals surface area contributed by atoms with E-state index in [1.807, 2.05) is 53.8 Å². The Kier molecular flexibility index (Phi) is 5.43. The molecule has 0 aliphatic carbocycles. The number of hydrogen-bond acceptors (Lipinski definition) is 5. The van der Waals surface area contributed by atoms with Crippen LogP contribution in [0.4, 0.5) is 17.3 Å². The maximum atomic E-state index is 6.39. The average molecular weight is 565 g/mol. The molecule has 0 N–H and O–H groups in total. The van der Waals surface area contributed by atoms with E-state index in [-0.39, 0.29) is 0 Å². The van der Waals surface area contributed by atoms with Crippen LogP contribution >= 0.6 is 0 Å². The lowest BCUT2D eigenvalue weighted by atomic mass is 10.0. The fourth-order valence-electron chi connectivity index (χ4n) is 6.08. The Morgan fingerprint density at radius 1 is 0.432 bits per heavy atom. The van der Waals surface area contributed by atoms with Crippen LogP contribution in [0, 0.1) is 0 Å². The number of furan rings is 1. The van der Waals surface area contributed by atoms with Gasteiger partial charge in [0, 0.05) is 34.6 Å². The first-order chi connectivity index (χ1) is 21.8. The van der Waals surface area contributed by atoms with Gasteiger partial charge in [-0.15, -0.1) is 0 Å². The summed E-state index contributed by atoms with van der Waals surface area (Å²) in [5.74, 6) is 1.50. The van der Waals surface area contributed by atoms with Gasteiger partial charge in [-0.2, -0.15) is 0 Å². The molecule has 4 aromatic heterocycles. The Morgan fingerprint density at radius 3 is 1.84 bits per heavy atom. The molecular formula is C39H24N4O. The smallest absolute Gasteiger partial charge is 0.155 e. The highest BCUT2D eigenvalue weighted by atomic mass is 16.3. The molecule has 0 aliphatic heterocycles. The van der Waals surface area contributed by atoms with E-state index in [0.29, 0.717) is 5.58 Å². The Hall–Kier alpha value is -6.07. The first-order valence-electron chi connectivity index (χ1n) is 14.6. The molecule has 5 nitrogen and oxygen atoms in total. The second kappa shape index (κ2) is 9.75. The van der Waals surface area contributed by atoms with Crippen molar-refractivity contribution in [3.8, 4) is 11.1 Å². The van der Waals surface area contributed by atoms with Crippen LogP contribution in [0.1, 0.15) is 0 Å². The van der Waals surface area contributed by atoms with Gasteiger partial charge in [0.1, 0.15) is 22.7 Å². The summed E-state index contributed by atoms with van der Waals surface area (Å²) in [6.45, 7) is 0. The Labute approximate surface area is 252 Å². The predicted octanol–water partition coefficient (Wildman–Crippen LogP) is 10.4. The molecule has 5 heteroatoms. The van der Waals surface area contributed by atoms with Gasteiger partial charge in [0.15, 0.2) is 5.58 Å². The minimum atomic E-state index is 0.715. The van der Waals surface area contributed by atoms with Gasteiger partial charge in [-0.3, -0.25) is 4.90 Å². The highest BCUT2D eigenvalue weighted by molar-refractivity contribution is 6.09. The molecule has 0 saturated carbocycles. The molecule has 206 valence electrons. The van der Waals surface area contributed by atoms with Crippen molar-refractivity contribution in [1.29, 1.82) is 0 Å². The second-order valence-electron chi connectivity index (χ2n) is 11.0. The quantitative estimate of drug-likeness (QED) is 0.213. The lowest BCUT2D eigenvalue weighted by Gasteiger charge is -2.23. The molecule has 0 aliphatic rings. The van der Waals surface area contributed by atoms with Crippen molar-refractivity contribution in [3.63, 3.8) is 0 Å². The van der Waals surface area contributed by atoms with E-state index in [4.69, 9.17) is 19.4 Å². The fraction of sp³-hybridized carbons (Fsp3) is 0. The zero-order chi connectivity index (χ0) is 29.0. The monoisotopic (exact) mass is 564 g/mol. The molecule has 0 fully saturated rings. The summed E-state index contributed by atoms with van der Waals surface area (Å²) in [4.78, 5) is 16.8. The van der Waals surface area contributed by atoms with Crippen molar-refractivity contribution in [2.75, 3.05) is 4.90 Å². The van der Waals surface area contributed by atoms with Crippen LogP contribution in [0.2, 0.25) is 0 Å². The first-order valence-corrected chi connectivity index (χ1v) is 14.6. The van der Waals surface area contributed by atoms with Crippen molar-refractivity contribution >= 4 is 71.7 Å². The lowest BCUT2D eigenvalue weighted by Crippen LogP contribution is -2.13. The van der Waals surface area contributed by atoms with Crippen molar-refractivity contribution in [1.82, 2.24) is 15.0 Å². The molecular weight excluding hydrogens is 540 g/mol. The zero-order valence-corrected chi connectivity index (χ0v) is 23.6. The van der Waals surface area contributed by atoms with Crippen molar-refractivity contribution in [2.24, 2.45) is 0 Å². The molecule has 9 aromatic rings. The van der Waals surface area contributed by atoms with E-state index < -0.39 is 0 Å². The number of fused-ring (bicyclic) bond motifs is 6. The molecule has 0 unspecified atom stereocenters. The van der Waals surface area contributed by atoms with Gasteiger partial charge in [0.2, 0.25) is 0 Å². The summed E-state index contributed by atoms with van der Waals surface area (Å²) in [5.41, 5.74) is 5.52. The van der Waals surface area contributed by atoms with Crippen LogP contribution in [0.5, 0.6) is 0 Å². The molecule has 4 heterocycles. The summed E-state index contributed by atoms with van der Waals surface area (Å²) in [6, 6.07) is 43.9. The van der Waals surface area contributed by atoms with Gasteiger partial charge in [0.05, 0.1) is 11.9 Å². The van der Waals surface area contributed by atoms with Crippen LogP contribution < -0.4 is 4.90 Å². The molecule has 0 saturated heterocycles. The third kappa shape index (κ3) is 4.06. The minimum Gasteiger partial charge on any atom is -0.454 e. The first kappa shape index (κ1) is 24.5. The molecule has 9 rings (SSSR count). The Morgan fingerprint density at radius 2 is 1.07 bits per heavy atom. The third-order valence-electron chi connectivity index (χ3n) is 8.31. The van der Waals surface area contributed by atoms with E-state index >= 15 is 0 Å². The normalized spacial score (nSPS) is 11.6. The van der Waals surface area contributed by atoms with Gasteiger partial charge in [-0.05, 0) is 63.0 Å². The highest BCUT2D eigenvalue weighted by Crippen LogP contribution is 2.38. The average Bonchev–Trinajstić information content (AvgIpc) is 3.44. The summed E-state index contributed by atoms with van der Waals surface area (Å²) in [5, 5.41) is 7.63. The van der Waals surface area contributed by atoms with Crippen LogP contribution in [0.25, 0.3) is 65.5 Å². The topological polar surface area (TPSA) is 55.1 Å². The number of nitrogens with zero attached hydrogens (tertiary/aromatic N) is 4. The maximum Gasteiger partial charge on any atom is 0.155 e. The lowest BCUT2D eigenvalue weighted by molar-refractivity contribution is 0.668. The summed E-state index contributed by atoms with van der Waals surface area (Å²) in [7, 11) is 0. The van der Waals surface area contributed by atoms with Crippen molar-refractivity contribution < 1.29 is 4.42 Å². The molecule has 0 amide bonds. The number of hydrogen-bond donors (Lipinski definition) is 0. The third-order valence-corrected chi connectivity index (χ3v) is 8.31. The van der Waals surface area contributed by atoms with E-state index in [9.17, 15) is 0 Å². The van der Waals surface area contributed by atoms with E-state index in [1.165, 1.54) is 5.56 Å². The molecule has 0 bridgehead atoms. The number of anilines is 3. The van der Waals surface area contributed by atoms with Gasteiger partial charge in [0.25, 0.3) is 0 Å². The highest BCUT2D eigenvalue weighted by Gasteiger charge is 2.19. The van der Waals surface area contributed by atoms with Gasteiger partial charge < -0.3 is 4.42 Å².